The van der Waals surface area contributed by atoms with Gasteiger partial charge in [0.05, 0.1) is 6.10 Å². The van der Waals surface area contributed by atoms with Gasteiger partial charge in [0.15, 0.2) is 0 Å². The summed E-state index contributed by atoms with van der Waals surface area (Å²) < 4.78 is 7.57. The SMILES string of the molecule is CC(C)[Si](OC1CCC=C2CC[C@H]3[C@@H]4CCC(=O)[C@@]4(C)CC[C@@H]3[C@]21C)(C(C)C)C(C)C. The number of allylic oxidation sites excluding steroid dienone is 1. The number of carbonyl (C=O) groups excluding carboxylic acids is 1. The molecule has 0 radical (unpaired) electrons. The summed E-state index contributed by atoms with van der Waals surface area (Å²) in [6, 6.07) is 0. The van der Waals surface area contributed by atoms with Crippen LogP contribution in [0, 0.1) is 28.6 Å². The van der Waals surface area contributed by atoms with Crippen LogP contribution < -0.4 is 0 Å². The van der Waals surface area contributed by atoms with E-state index in [1.165, 1.54) is 32.1 Å². The van der Waals surface area contributed by atoms with Crippen molar-refractivity contribution in [2.24, 2.45) is 28.6 Å². The lowest BCUT2D eigenvalue weighted by atomic mass is 9.47. The molecule has 4 rings (SSSR count). The van der Waals surface area contributed by atoms with Gasteiger partial charge in [0.2, 0.25) is 8.32 Å². The number of rotatable bonds is 5. The zero-order valence-electron chi connectivity index (χ0n) is 21.6. The van der Waals surface area contributed by atoms with Gasteiger partial charge in [0.1, 0.15) is 5.78 Å². The third-order valence-corrected chi connectivity index (χ3v) is 17.0. The maximum Gasteiger partial charge on any atom is 0.200 e. The van der Waals surface area contributed by atoms with Gasteiger partial charge in [-0.3, -0.25) is 4.79 Å². The molecule has 4 aliphatic carbocycles. The monoisotopic (exact) mass is 444 g/mol. The summed E-state index contributed by atoms with van der Waals surface area (Å²) in [6.45, 7) is 19.4. The molecule has 0 amide bonds. The fourth-order valence-corrected chi connectivity index (χ4v) is 15.0. The van der Waals surface area contributed by atoms with Crippen molar-refractivity contribution < 1.29 is 9.22 Å². The zero-order valence-corrected chi connectivity index (χ0v) is 22.6. The van der Waals surface area contributed by atoms with Crippen molar-refractivity contribution in [2.45, 2.75) is 129 Å². The molecule has 1 unspecified atom stereocenters. The van der Waals surface area contributed by atoms with Crippen molar-refractivity contribution in [1.82, 2.24) is 0 Å². The Balaban J connectivity index is 1.71. The van der Waals surface area contributed by atoms with E-state index in [-0.39, 0.29) is 10.8 Å². The third kappa shape index (κ3) is 3.30. The fourth-order valence-electron chi connectivity index (χ4n) is 9.35. The second-order valence-electron chi connectivity index (χ2n) is 12.8. The summed E-state index contributed by atoms with van der Waals surface area (Å²) in [5.41, 5.74) is 3.74. The first-order chi connectivity index (χ1) is 14.5. The fraction of sp³-hybridized carbons (Fsp3) is 0.893. The maximum absolute atomic E-state index is 12.8. The first kappa shape index (κ1) is 23.7. The van der Waals surface area contributed by atoms with Crippen LogP contribution >= 0.6 is 0 Å². The molecule has 0 aromatic rings. The van der Waals surface area contributed by atoms with Gasteiger partial charge in [-0.2, -0.15) is 0 Å². The van der Waals surface area contributed by atoms with Gasteiger partial charge in [-0.05, 0) is 79.3 Å². The molecular weight excluding hydrogens is 396 g/mol. The van der Waals surface area contributed by atoms with E-state index in [0.29, 0.717) is 46.3 Å². The maximum atomic E-state index is 12.8. The number of hydrogen-bond donors (Lipinski definition) is 0. The highest BCUT2D eigenvalue weighted by molar-refractivity contribution is 6.77. The van der Waals surface area contributed by atoms with Crippen LogP contribution in [0.5, 0.6) is 0 Å². The predicted molar refractivity (Wildman–Crippen MR) is 133 cm³/mol. The molecule has 3 saturated carbocycles. The van der Waals surface area contributed by atoms with Crippen LogP contribution in [0.25, 0.3) is 0 Å². The molecule has 0 spiro atoms. The van der Waals surface area contributed by atoms with Gasteiger partial charge in [0.25, 0.3) is 0 Å². The minimum absolute atomic E-state index is 0.0317. The number of Topliss-reactive ketones (excluding diaryl/α,β-unsaturated/α-hetero) is 1. The van der Waals surface area contributed by atoms with E-state index < -0.39 is 8.32 Å². The van der Waals surface area contributed by atoms with E-state index in [1.807, 2.05) is 0 Å². The van der Waals surface area contributed by atoms with Crippen LogP contribution in [0.3, 0.4) is 0 Å². The van der Waals surface area contributed by atoms with Crippen LogP contribution in [-0.4, -0.2) is 20.2 Å². The molecule has 0 aromatic heterocycles. The second kappa shape index (κ2) is 8.11. The number of fused-ring (bicyclic) bond motifs is 5. The Labute approximate surface area is 193 Å². The van der Waals surface area contributed by atoms with Gasteiger partial charge in [-0.25, -0.2) is 0 Å². The Morgan fingerprint density at radius 2 is 1.55 bits per heavy atom. The van der Waals surface area contributed by atoms with Crippen LogP contribution in [0.1, 0.15) is 107 Å². The van der Waals surface area contributed by atoms with Crippen molar-refractivity contribution >= 4 is 14.1 Å². The summed E-state index contributed by atoms with van der Waals surface area (Å²) >= 11 is 0. The molecule has 176 valence electrons. The average Bonchev–Trinajstić information content (AvgIpc) is 3.00. The summed E-state index contributed by atoms with van der Waals surface area (Å²) in [6.07, 6.45) is 12.1. The minimum atomic E-state index is -1.93. The molecule has 2 nitrogen and oxygen atoms in total. The molecule has 0 aromatic carbocycles. The van der Waals surface area contributed by atoms with E-state index in [0.717, 1.165) is 19.3 Å². The Bertz CT molecular complexity index is 716. The Hall–Kier alpha value is -0.413. The Morgan fingerprint density at radius 1 is 0.903 bits per heavy atom. The van der Waals surface area contributed by atoms with Crippen LogP contribution in [0.15, 0.2) is 11.6 Å². The molecule has 31 heavy (non-hydrogen) atoms. The number of carbonyl (C=O) groups is 1. The lowest BCUT2D eigenvalue weighted by Crippen LogP contribution is -2.59. The first-order valence-corrected chi connectivity index (χ1v) is 15.5. The summed E-state index contributed by atoms with van der Waals surface area (Å²) in [5.74, 6) is 2.58. The molecule has 0 heterocycles. The Kier molecular flexibility index (Phi) is 6.21. The number of ketones is 1. The second-order valence-corrected chi connectivity index (χ2v) is 18.3. The highest BCUT2D eigenvalue weighted by Gasteiger charge is 2.61. The van der Waals surface area contributed by atoms with E-state index in [9.17, 15) is 4.79 Å². The third-order valence-electron chi connectivity index (χ3n) is 10.9. The van der Waals surface area contributed by atoms with Gasteiger partial charge in [0, 0.05) is 17.3 Å². The molecular formula is C28H48O2Si. The van der Waals surface area contributed by atoms with Crippen molar-refractivity contribution in [3.8, 4) is 0 Å². The van der Waals surface area contributed by atoms with Gasteiger partial charge < -0.3 is 4.43 Å². The van der Waals surface area contributed by atoms with Gasteiger partial charge >= 0.3 is 0 Å². The van der Waals surface area contributed by atoms with E-state index in [2.05, 4.69) is 61.5 Å². The first-order valence-electron chi connectivity index (χ1n) is 13.4. The van der Waals surface area contributed by atoms with Crippen LogP contribution in [0.4, 0.5) is 0 Å². The average molecular weight is 445 g/mol. The lowest BCUT2D eigenvalue weighted by molar-refractivity contribution is -0.134. The summed E-state index contributed by atoms with van der Waals surface area (Å²) in [4.78, 5) is 12.8. The standard InChI is InChI=1S/C28H48O2Si/c1-18(2)31(19(3)4,20(5)6)30-26-11-9-10-21-12-13-22-23-14-15-25(29)27(23,7)17-16-24(22)28(21,26)8/h10,18-20,22-24,26H,9,11-17H2,1-8H3/t22-,23-,24-,26?,27-,28-/m0/s1. The van der Waals surface area contributed by atoms with E-state index in [4.69, 9.17) is 4.43 Å². The molecule has 0 N–H and O–H groups in total. The highest BCUT2D eigenvalue weighted by Crippen LogP contribution is 2.65. The molecule has 0 aliphatic heterocycles. The summed E-state index contributed by atoms with van der Waals surface area (Å²) in [5, 5.41) is 0. The van der Waals surface area contributed by atoms with Crippen molar-refractivity contribution in [2.75, 3.05) is 0 Å². The molecule has 6 atom stereocenters. The predicted octanol–water partition coefficient (Wildman–Crippen LogP) is 8.08. The van der Waals surface area contributed by atoms with Gasteiger partial charge in [-0.1, -0.05) is 67.0 Å². The van der Waals surface area contributed by atoms with Crippen molar-refractivity contribution in [3.05, 3.63) is 11.6 Å². The number of hydrogen-bond acceptors (Lipinski definition) is 2. The zero-order chi connectivity index (χ0) is 22.8. The van der Waals surface area contributed by atoms with Crippen molar-refractivity contribution in [3.63, 3.8) is 0 Å². The molecule has 0 saturated heterocycles. The molecule has 3 heteroatoms. The van der Waals surface area contributed by atoms with Crippen LogP contribution in [0.2, 0.25) is 16.6 Å². The molecule has 3 fully saturated rings. The lowest BCUT2D eigenvalue weighted by Gasteiger charge is -2.60. The van der Waals surface area contributed by atoms with Gasteiger partial charge in [-0.15, -0.1) is 0 Å². The van der Waals surface area contributed by atoms with Crippen LogP contribution in [-0.2, 0) is 9.22 Å². The van der Waals surface area contributed by atoms with E-state index >= 15 is 0 Å². The highest BCUT2D eigenvalue weighted by atomic mass is 28.4. The molecule has 0 bridgehead atoms. The minimum Gasteiger partial charge on any atom is -0.412 e. The normalized spacial score (nSPS) is 40.7. The Morgan fingerprint density at radius 3 is 2.16 bits per heavy atom. The topological polar surface area (TPSA) is 26.3 Å². The largest absolute Gasteiger partial charge is 0.412 e. The van der Waals surface area contributed by atoms with Crippen molar-refractivity contribution in [1.29, 1.82) is 0 Å². The van der Waals surface area contributed by atoms with E-state index in [1.54, 1.807) is 5.57 Å². The molecule has 4 aliphatic rings. The summed E-state index contributed by atoms with van der Waals surface area (Å²) in [7, 11) is -1.93. The smallest absolute Gasteiger partial charge is 0.200 e. The quantitative estimate of drug-likeness (QED) is 0.316.